The third kappa shape index (κ3) is 4.13. The van der Waals surface area contributed by atoms with Crippen LogP contribution < -0.4 is 9.86 Å². The van der Waals surface area contributed by atoms with Crippen molar-refractivity contribution in [2.45, 2.75) is 18.2 Å². The van der Waals surface area contributed by atoms with Gasteiger partial charge in [-0.2, -0.15) is 0 Å². The second-order valence-electron chi connectivity index (χ2n) is 3.61. The summed E-state index contributed by atoms with van der Waals surface area (Å²) in [4.78, 5) is -0.248. The van der Waals surface area contributed by atoms with Crippen LogP contribution in [-0.2, 0) is 20.0 Å². The summed E-state index contributed by atoms with van der Waals surface area (Å²) in [6, 6.07) is 3.65. The number of halogens is 1. The molecule has 0 radical (unpaired) electrons. The highest BCUT2D eigenvalue weighted by atomic mass is 35.5. The van der Waals surface area contributed by atoms with Crippen molar-refractivity contribution in [1.29, 1.82) is 0 Å². The Morgan fingerprint density at radius 2 is 1.89 bits per heavy atom. The van der Waals surface area contributed by atoms with E-state index < -0.39 is 20.0 Å². The Morgan fingerprint density at radius 3 is 2.33 bits per heavy atom. The average molecular weight is 313 g/mol. The molecule has 0 bridgehead atoms. The lowest BCUT2D eigenvalue weighted by Crippen LogP contribution is -2.17. The summed E-state index contributed by atoms with van der Waals surface area (Å²) in [6.07, 6.45) is 0.471. The number of hydrogen-bond donors (Lipinski definition) is 2. The predicted octanol–water partition coefficient (Wildman–Crippen LogP) is 1.14. The molecule has 9 heteroatoms. The van der Waals surface area contributed by atoms with E-state index >= 15 is 0 Å². The lowest BCUT2D eigenvalue weighted by molar-refractivity contribution is 0.597. The van der Waals surface area contributed by atoms with Gasteiger partial charge in [0.2, 0.25) is 20.0 Å². The van der Waals surface area contributed by atoms with Gasteiger partial charge in [0.1, 0.15) is 4.90 Å². The van der Waals surface area contributed by atoms with Crippen LogP contribution in [0.1, 0.15) is 13.3 Å². The molecular formula is C9H13ClN2O4S2. The summed E-state index contributed by atoms with van der Waals surface area (Å²) in [5.41, 5.74) is 0.195. The van der Waals surface area contributed by atoms with Gasteiger partial charge in [0.15, 0.2) is 0 Å². The van der Waals surface area contributed by atoms with Crippen LogP contribution in [0.15, 0.2) is 23.1 Å². The lowest BCUT2D eigenvalue weighted by atomic mass is 10.3. The Labute approximate surface area is 111 Å². The lowest BCUT2D eigenvalue weighted by Gasteiger charge is -2.08. The highest BCUT2D eigenvalue weighted by molar-refractivity contribution is 7.92. The zero-order chi connectivity index (χ0) is 14.0. The van der Waals surface area contributed by atoms with Crippen molar-refractivity contribution in [3.8, 4) is 0 Å². The zero-order valence-corrected chi connectivity index (χ0v) is 11.9. The largest absolute Gasteiger partial charge is 0.284 e. The van der Waals surface area contributed by atoms with Crippen LogP contribution in [0, 0.1) is 0 Å². The van der Waals surface area contributed by atoms with E-state index in [0.29, 0.717) is 6.42 Å². The topological polar surface area (TPSA) is 106 Å². The van der Waals surface area contributed by atoms with Crippen molar-refractivity contribution in [2.24, 2.45) is 5.14 Å². The standard InChI is InChI=1S/C9H13ClN2O4S2/c1-2-5-17(13,14)12-7-3-4-9(8(10)6-7)18(11,15)16/h3-4,6,12H,2,5H2,1H3,(H2,11,15,16). The molecule has 0 amide bonds. The molecule has 0 fully saturated rings. The molecule has 6 nitrogen and oxygen atoms in total. The summed E-state index contributed by atoms with van der Waals surface area (Å²) >= 11 is 5.73. The van der Waals surface area contributed by atoms with E-state index in [4.69, 9.17) is 16.7 Å². The van der Waals surface area contributed by atoms with E-state index in [-0.39, 0.29) is 21.4 Å². The molecule has 0 saturated carbocycles. The normalized spacial score (nSPS) is 12.4. The number of anilines is 1. The van der Waals surface area contributed by atoms with E-state index in [0.717, 1.165) is 6.07 Å². The maximum absolute atomic E-state index is 11.5. The van der Waals surface area contributed by atoms with Crippen LogP contribution in [-0.4, -0.2) is 22.6 Å². The fraction of sp³-hybridized carbons (Fsp3) is 0.333. The number of primary sulfonamides is 1. The number of benzene rings is 1. The van der Waals surface area contributed by atoms with Crippen molar-refractivity contribution in [2.75, 3.05) is 10.5 Å². The third-order valence-electron chi connectivity index (χ3n) is 1.98. The van der Waals surface area contributed by atoms with Crippen LogP contribution in [0.2, 0.25) is 5.02 Å². The van der Waals surface area contributed by atoms with E-state index in [1.165, 1.54) is 12.1 Å². The van der Waals surface area contributed by atoms with Gasteiger partial charge in [-0.25, -0.2) is 22.0 Å². The Bertz CT molecular complexity index is 641. The predicted molar refractivity (Wildman–Crippen MR) is 70.5 cm³/mol. The second kappa shape index (κ2) is 5.43. The molecule has 0 spiro atoms. The van der Waals surface area contributed by atoms with Gasteiger partial charge in [0.25, 0.3) is 0 Å². The molecular weight excluding hydrogens is 300 g/mol. The molecule has 1 aromatic rings. The number of nitrogens with one attached hydrogen (secondary N) is 1. The van der Waals surface area contributed by atoms with Crippen LogP contribution >= 0.6 is 11.6 Å². The maximum atomic E-state index is 11.5. The number of hydrogen-bond acceptors (Lipinski definition) is 4. The molecule has 102 valence electrons. The molecule has 0 heterocycles. The van der Waals surface area contributed by atoms with Gasteiger partial charge >= 0.3 is 0 Å². The summed E-state index contributed by atoms with van der Waals surface area (Å²) < 4.78 is 47.5. The van der Waals surface area contributed by atoms with Crippen LogP contribution in [0.5, 0.6) is 0 Å². The summed E-state index contributed by atoms with van der Waals surface area (Å²) in [6.45, 7) is 1.73. The van der Waals surface area contributed by atoms with Gasteiger partial charge in [-0.3, -0.25) is 4.72 Å². The molecule has 0 aliphatic carbocycles. The smallest absolute Gasteiger partial charge is 0.239 e. The molecule has 1 aromatic carbocycles. The van der Waals surface area contributed by atoms with Crippen molar-refractivity contribution in [3.05, 3.63) is 23.2 Å². The molecule has 0 saturated heterocycles. The van der Waals surface area contributed by atoms with Crippen molar-refractivity contribution >= 4 is 37.3 Å². The van der Waals surface area contributed by atoms with E-state index in [2.05, 4.69) is 4.72 Å². The second-order valence-corrected chi connectivity index (χ2v) is 7.39. The van der Waals surface area contributed by atoms with Crippen molar-refractivity contribution in [3.63, 3.8) is 0 Å². The SMILES string of the molecule is CCCS(=O)(=O)Nc1ccc(S(N)(=O)=O)c(Cl)c1. The van der Waals surface area contributed by atoms with E-state index in [1.807, 2.05) is 0 Å². The van der Waals surface area contributed by atoms with Gasteiger partial charge in [-0.15, -0.1) is 0 Å². The molecule has 0 atom stereocenters. The Balaban J connectivity index is 3.07. The fourth-order valence-electron chi connectivity index (χ4n) is 1.29. The van der Waals surface area contributed by atoms with Gasteiger partial charge in [-0.05, 0) is 24.6 Å². The van der Waals surface area contributed by atoms with Crippen molar-refractivity contribution < 1.29 is 16.8 Å². The number of sulfonamides is 2. The Hall–Kier alpha value is -0.830. The molecule has 0 aliphatic heterocycles. The number of nitrogens with two attached hydrogens (primary N) is 1. The molecule has 3 N–H and O–H groups in total. The summed E-state index contributed by atoms with van der Waals surface area (Å²) in [5, 5.41) is 4.80. The van der Waals surface area contributed by atoms with Gasteiger partial charge in [0, 0.05) is 0 Å². The van der Waals surface area contributed by atoms with Crippen molar-refractivity contribution in [1.82, 2.24) is 0 Å². The first kappa shape index (κ1) is 15.2. The van der Waals surface area contributed by atoms with Gasteiger partial charge < -0.3 is 0 Å². The Morgan fingerprint density at radius 1 is 1.28 bits per heavy atom. The minimum atomic E-state index is -3.91. The fourth-order valence-corrected chi connectivity index (χ4v) is 3.51. The van der Waals surface area contributed by atoms with E-state index in [9.17, 15) is 16.8 Å². The molecule has 18 heavy (non-hydrogen) atoms. The van der Waals surface area contributed by atoms with Crippen LogP contribution in [0.25, 0.3) is 0 Å². The highest BCUT2D eigenvalue weighted by Crippen LogP contribution is 2.24. The van der Waals surface area contributed by atoms with Crippen LogP contribution in [0.3, 0.4) is 0 Å². The van der Waals surface area contributed by atoms with Crippen LogP contribution in [0.4, 0.5) is 5.69 Å². The van der Waals surface area contributed by atoms with E-state index in [1.54, 1.807) is 6.92 Å². The Kier molecular flexibility index (Phi) is 4.60. The quantitative estimate of drug-likeness (QED) is 0.850. The monoisotopic (exact) mass is 312 g/mol. The minimum Gasteiger partial charge on any atom is -0.284 e. The molecule has 1 rings (SSSR count). The zero-order valence-electron chi connectivity index (χ0n) is 9.55. The summed E-state index contributed by atoms with van der Waals surface area (Å²) in [7, 11) is -7.35. The molecule has 0 unspecified atom stereocenters. The first-order valence-electron chi connectivity index (χ1n) is 4.98. The highest BCUT2D eigenvalue weighted by Gasteiger charge is 2.15. The first-order chi connectivity index (χ1) is 8.15. The molecule has 0 aliphatic rings. The molecule has 0 aromatic heterocycles. The maximum Gasteiger partial charge on any atom is 0.239 e. The first-order valence-corrected chi connectivity index (χ1v) is 8.56. The van der Waals surface area contributed by atoms with Gasteiger partial charge in [-0.1, -0.05) is 18.5 Å². The summed E-state index contributed by atoms with van der Waals surface area (Å²) in [5.74, 6) is -0.0262. The average Bonchev–Trinajstić information content (AvgIpc) is 2.13. The van der Waals surface area contributed by atoms with Gasteiger partial charge in [0.05, 0.1) is 16.5 Å². The minimum absolute atomic E-state index is 0.0262. The third-order valence-corrected chi connectivity index (χ3v) is 4.87. The number of rotatable bonds is 5.